The minimum Gasteiger partial charge on any atom is -0.494 e. The molecule has 0 fully saturated rings. The third kappa shape index (κ3) is 6.24. The van der Waals surface area contributed by atoms with Crippen LogP contribution in [0.1, 0.15) is 13.3 Å². The first-order valence-corrected chi connectivity index (χ1v) is 9.44. The molecular formula is C23H23NO5. The average Bonchev–Trinajstić information content (AvgIpc) is 2.74. The first-order valence-electron chi connectivity index (χ1n) is 9.44. The van der Waals surface area contributed by atoms with Gasteiger partial charge in [0.2, 0.25) is 0 Å². The molecule has 0 unspecified atom stereocenters. The molecule has 3 aromatic carbocycles. The van der Waals surface area contributed by atoms with Gasteiger partial charge in [0.15, 0.2) is 6.61 Å². The Morgan fingerprint density at radius 3 is 2.28 bits per heavy atom. The highest BCUT2D eigenvalue weighted by atomic mass is 16.5. The maximum atomic E-state index is 12.0. The zero-order chi connectivity index (χ0) is 20.5. The Bertz CT molecular complexity index is 968. The highest BCUT2D eigenvalue weighted by Crippen LogP contribution is 2.19. The van der Waals surface area contributed by atoms with Gasteiger partial charge in [-0.05, 0) is 54.1 Å². The van der Waals surface area contributed by atoms with Crippen LogP contribution in [0.15, 0.2) is 66.7 Å². The van der Waals surface area contributed by atoms with Crippen LogP contribution in [0, 0.1) is 0 Å². The molecule has 0 aliphatic carbocycles. The first-order chi connectivity index (χ1) is 14.1. The van der Waals surface area contributed by atoms with Crippen molar-refractivity contribution in [2.75, 3.05) is 25.1 Å². The van der Waals surface area contributed by atoms with Gasteiger partial charge >= 0.3 is 5.97 Å². The summed E-state index contributed by atoms with van der Waals surface area (Å²) in [5.74, 6) is 0.512. The van der Waals surface area contributed by atoms with E-state index in [-0.39, 0.29) is 25.5 Å². The van der Waals surface area contributed by atoms with Crippen molar-refractivity contribution >= 4 is 28.3 Å². The molecule has 0 atom stereocenters. The van der Waals surface area contributed by atoms with Crippen LogP contribution in [0.4, 0.5) is 5.69 Å². The number of anilines is 1. The van der Waals surface area contributed by atoms with Crippen LogP contribution in [-0.4, -0.2) is 31.7 Å². The Labute approximate surface area is 169 Å². The summed E-state index contributed by atoms with van der Waals surface area (Å²) in [5, 5.41) is 4.84. The largest absolute Gasteiger partial charge is 0.494 e. The quantitative estimate of drug-likeness (QED) is 0.552. The van der Waals surface area contributed by atoms with Crippen molar-refractivity contribution < 1.29 is 23.8 Å². The van der Waals surface area contributed by atoms with E-state index in [2.05, 4.69) is 5.32 Å². The van der Waals surface area contributed by atoms with E-state index in [1.807, 2.05) is 49.4 Å². The van der Waals surface area contributed by atoms with Gasteiger partial charge in [0.25, 0.3) is 5.91 Å². The number of rotatable bonds is 9. The molecule has 1 N–H and O–H groups in total. The molecule has 0 aromatic heterocycles. The van der Waals surface area contributed by atoms with Gasteiger partial charge in [-0.2, -0.15) is 0 Å². The van der Waals surface area contributed by atoms with Gasteiger partial charge in [-0.25, -0.2) is 0 Å². The van der Waals surface area contributed by atoms with E-state index in [1.54, 1.807) is 24.3 Å². The van der Waals surface area contributed by atoms with E-state index in [0.717, 1.165) is 16.5 Å². The summed E-state index contributed by atoms with van der Waals surface area (Å²) in [6.45, 7) is 2.34. The lowest BCUT2D eigenvalue weighted by Crippen LogP contribution is -2.21. The smallest absolute Gasteiger partial charge is 0.309 e. The van der Waals surface area contributed by atoms with E-state index >= 15 is 0 Å². The monoisotopic (exact) mass is 393 g/mol. The van der Waals surface area contributed by atoms with E-state index in [1.165, 1.54) is 0 Å². The number of esters is 1. The Kier molecular flexibility index (Phi) is 7.05. The molecule has 29 heavy (non-hydrogen) atoms. The maximum Gasteiger partial charge on any atom is 0.309 e. The summed E-state index contributed by atoms with van der Waals surface area (Å²) in [7, 11) is 0. The second kappa shape index (κ2) is 10.1. The Hall–Kier alpha value is -3.54. The molecule has 1 amide bonds. The predicted molar refractivity (Wildman–Crippen MR) is 111 cm³/mol. The molecule has 0 radical (unpaired) electrons. The van der Waals surface area contributed by atoms with Crippen molar-refractivity contribution in [2.24, 2.45) is 0 Å². The van der Waals surface area contributed by atoms with Crippen molar-refractivity contribution in [1.29, 1.82) is 0 Å². The number of nitrogens with one attached hydrogen (secondary N) is 1. The van der Waals surface area contributed by atoms with Gasteiger partial charge in [0, 0.05) is 5.69 Å². The van der Waals surface area contributed by atoms with E-state index in [0.29, 0.717) is 18.0 Å². The minimum absolute atomic E-state index is 0.0520. The van der Waals surface area contributed by atoms with Crippen molar-refractivity contribution in [3.63, 3.8) is 0 Å². The average molecular weight is 393 g/mol. The summed E-state index contributed by atoms with van der Waals surface area (Å²) in [5.41, 5.74) is 0.656. The number of hydrogen-bond acceptors (Lipinski definition) is 5. The molecule has 3 aromatic rings. The van der Waals surface area contributed by atoms with Crippen LogP contribution >= 0.6 is 0 Å². The molecule has 0 aliphatic rings. The highest BCUT2D eigenvalue weighted by molar-refractivity contribution is 5.95. The van der Waals surface area contributed by atoms with Crippen molar-refractivity contribution in [2.45, 2.75) is 13.3 Å². The fourth-order valence-electron chi connectivity index (χ4n) is 2.73. The third-order valence-electron chi connectivity index (χ3n) is 4.11. The second-order valence-corrected chi connectivity index (χ2v) is 6.27. The van der Waals surface area contributed by atoms with Gasteiger partial charge in [0.05, 0.1) is 19.6 Å². The molecule has 6 heteroatoms. The van der Waals surface area contributed by atoms with Gasteiger partial charge in [-0.15, -0.1) is 0 Å². The normalized spacial score (nSPS) is 10.4. The Balaban J connectivity index is 1.37. The fourth-order valence-corrected chi connectivity index (χ4v) is 2.73. The number of benzene rings is 3. The molecule has 0 spiro atoms. The molecule has 0 heterocycles. The standard InChI is InChI=1S/C23H23NO5/c1-2-27-20-9-11-21(12-10-20)28-14-13-23(26)29-16-22(25)24-19-8-7-17-5-3-4-6-18(17)15-19/h3-12,15H,2,13-14,16H2,1H3,(H,24,25). The number of amides is 1. The number of carbonyl (C=O) groups excluding carboxylic acids is 2. The maximum absolute atomic E-state index is 12.0. The van der Waals surface area contributed by atoms with Crippen LogP contribution in [0.3, 0.4) is 0 Å². The summed E-state index contributed by atoms with van der Waals surface area (Å²) >= 11 is 0. The number of ether oxygens (including phenoxy) is 3. The summed E-state index contributed by atoms with van der Waals surface area (Å²) < 4.78 is 15.9. The lowest BCUT2D eigenvalue weighted by atomic mass is 10.1. The van der Waals surface area contributed by atoms with Crippen LogP contribution in [-0.2, 0) is 14.3 Å². The highest BCUT2D eigenvalue weighted by Gasteiger charge is 2.09. The van der Waals surface area contributed by atoms with Crippen LogP contribution in [0.5, 0.6) is 11.5 Å². The minimum atomic E-state index is -0.496. The van der Waals surface area contributed by atoms with E-state index < -0.39 is 5.97 Å². The zero-order valence-corrected chi connectivity index (χ0v) is 16.2. The second-order valence-electron chi connectivity index (χ2n) is 6.27. The molecule has 0 aliphatic heterocycles. The van der Waals surface area contributed by atoms with Crippen molar-refractivity contribution in [3.8, 4) is 11.5 Å². The van der Waals surface area contributed by atoms with Crippen molar-refractivity contribution in [3.05, 3.63) is 66.7 Å². The predicted octanol–water partition coefficient (Wildman–Crippen LogP) is 4.19. The Morgan fingerprint density at radius 2 is 1.55 bits per heavy atom. The SMILES string of the molecule is CCOc1ccc(OCCC(=O)OCC(=O)Nc2ccc3ccccc3c2)cc1. The van der Waals surface area contributed by atoms with Gasteiger partial charge in [-0.1, -0.05) is 30.3 Å². The van der Waals surface area contributed by atoms with Crippen molar-refractivity contribution in [1.82, 2.24) is 0 Å². The number of hydrogen-bond donors (Lipinski definition) is 1. The molecule has 150 valence electrons. The molecule has 6 nitrogen and oxygen atoms in total. The zero-order valence-electron chi connectivity index (χ0n) is 16.2. The fraction of sp³-hybridized carbons (Fsp3) is 0.217. The summed E-state index contributed by atoms with van der Waals surface area (Å²) in [4.78, 5) is 23.8. The van der Waals surface area contributed by atoms with E-state index in [4.69, 9.17) is 14.2 Å². The number of carbonyl (C=O) groups is 2. The molecule has 3 rings (SSSR count). The van der Waals surface area contributed by atoms with E-state index in [9.17, 15) is 9.59 Å². The van der Waals surface area contributed by atoms with Crippen LogP contribution in [0.25, 0.3) is 10.8 Å². The molecule has 0 saturated heterocycles. The molecular weight excluding hydrogens is 370 g/mol. The summed E-state index contributed by atoms with van der Waals surface area (Å²) in [6, 6.07) is 20.6. The topological polar surface area (TPSA) is 73.9 Å². The van der Waals surface area contributed by atoms with Gasteiger partial charge < -0.3 is 19.5 Å². The lowest BCUT2D eigenvalue weighted by molar-refractivity contribution is -0.147. The Morgan fingerprint density at radius 1 is 0.862 bits per heavy atom. The van der Waals surface area contributed by atoms with Gasteiger partial charge in [0.1, 0.15) is 11.5 Å². The third-order valence-corrected chi connectivity index (χ3v) is 4.11. The lowest BCUT2D eigenvalue weighted by Gasteiger charge is -2.09. The molecule has 0 saturated carbocycles. The first kappa shape index (κ1) is 20.2. The van der Waals surface area contributed by atoms with Gasteiger partial charge in [-0.3, -0.25) is 9.59 Å². The molecule has 0 bridgehead atoms. The van der Waals surface area contributed by atoms with Crippen LogP contribution in [0.2, 0.25) is 0 Å². The summed E-state index contributed by atoms with van der Waals surface area (Å²) in [6.07, 6.45) is 0.0520. The number of fused-ring (bicyclic) bond motifs is 1. The van der Waals surface area contributed by atoms with Crippen LogP contribution < -0.4 is 14.8 Å².